The molecule has 1 fully saturated rings. The van der Waals surface area contributed by atoms with Gasteiger partial charge in [0, 0.05) is 15.8 Å². The van der Waals surface area contributed by atoms with Crippen LogP contribution in [0.15, 0.2) is 53.0 Å². The van der Waals surface area contributed by atoms with Gasteiger partial charge in [-0.15, -0.1) is 0 Å². The monoisotopic (exact) mass is 442 g/mol. The molecule has 1 aliphatic rings. The first-order valence-corrected chi connectivity index (χ1v) is 9.42. The second-order valence-electron chi connectivity index (χ2n) is 6.52. The van der Waals surface area contributed by atoms with Crippen LogP contribution in [0.5, 0.6) is 0 Å². The number of nitrogens with zero attached hydrogens (tertiary/aromatic N) is 1. The minimum Gasteiger partial charge on any atom is -0.360 e. The van der Waals surface area contributed by atoms with Crippen LogP contribution in [0.4, 0.5) is 24.5 Å². The maximum absolute atomic E-state index is 12.9. The molecule has 2 aromatic carbocycles. The molecule has 0 unspecified atom stereocenters. The summed E-state index contributed by atoms with van der Waals surface area (Å²) in [6, 6.07) is 12.8. The Morgan fingerprint density at radius 1 is 1.11 bits per heavy atom. The smallest absolute Gasteiger partial charge is 0.360 e. The second-order valence-corrected chi connectivity index (χ2v) is 7.44. The summed E-state index contributed by atoms with van der Waals surface area (Å²) in [6.45, 7) is 2.95. The van der Waals surface area contributed by atoms with E-state index in [9.17, 15) is 18.0 Å². The van der Waals surface area contributed by atoms with Crippen molar-refractivity contribution in [2.24, 2.45) is 0 Å². The number of rotatable bonds is 4. The van der Waals surface area contributed by atoms with Crippen LogP contribution in [0.25, 0.3) is 0 Å². The first-order valence-electron chi connectivity index (χ1n) is 8.62. The number of benzene rings is 2. The molecule has 1 heterocycles. The van der Waals surface area contributed by atoms with Gasteiger partial charge < -0.3 is 15.1 Å². The van der Waals surface area contributed by atoms with Gasteiger partial charge in [0.1, 0.15) is 0 Å². The molecule has 4 nitrogen and oxygen atoms in total. The number of nitrogens with one attached hydrogen (secondary N) is 2. The van der Waals surface area contributed by atoms with Crippen molar-refractivity contribution in [3.63, 3.8) is 0 Å². The van der Waals surface area contributed by atoms with Crippen LogP contribution >= 0.6 is 15.9 Å². The zero-order valence-corrected chi connectivity index (χ0v) is 16.1. The van der Waals surface area contributed by atoms with Crippen LogP contribution in [0.2, 0.25) is 0 Å². The van der Waals surface area contributed by atoms with Crippen LogP contribution in [-0.2, 0) is 11.0 Å². The Kier molecular flexibility index (Phi) is 6.06. The van der Waals surface area contributed by atoms with E-state index in [-0.39, 0.29) is 5.91 Å². The van der Waals surface area contributed by atoms with E-state index in [1.807, 2.05) is 29.2 Å². The van der Waals surface area contributed by atoms with E-state index in [4.69, 9.17) is 0 Å². The van der Waals surface area contributed by atoms with Crippen molar-refractivity contribution < 1.29 is 22.9 Å². The zero-order valence-electron chi connectivity index (χ0n) is 14.5. The fraction of sp³-hybridized carbons (Fsp3) is 0.316. The third kappa shape index (κ3) is 5.46. The van der Waals surface area contributed by atoms with E-state index < -0.39 is 11.7 Å². The standard InChI is InChI=1S/C19H19BrF3N3O/c20-15-4-2-5-16(12-15)24-18(27)13-25-7-9-26(10-8-25)17-6-1-3-14(11-17)19(21,22)23/h1-6,11-12H,7-10,13H2,(H,24,27)/p+1. The number of amides is 1. The first kappa shape index (κ1) is 19.7. The number of quaternary nitrogens is 1. The minimum absolute atomic E-state index is 0.0735. The van der Waals surface area contributed by atoms with Crippen molar-refractivity contribution in [1.29, 1.82) is 0 Å². The lowest BCUT2D eigenvalue weighted by Gasteiger charge is -2.33. The number of carbonyl (C=O) groups excluding carboxylic acids is 1. The summed E-state index contributed by atoms with van der Waals surface area (Å²) in [5, 5.41) is 2.87. The maximum Gasteiger partial charge on any atom is 0.416 e. The lowest BCUT2D eigenvalue weighted by molar-refractivity contribution is -0.892. The topological polar surface area (TPSA) is 36.8 Å². The summed E-state index contributed by atoms with van der Waals surface area (Å²) in [5.41, 5.74) is 0.669. The van der Waals surface area contributed by atoms with Crippen LogP contribution in [-0.4, -0.2) is 38.6 Å². The van der Waals surface area contributed by atoms with Gasteiger partial charge in [-0.1, -0.05) is 28.1 Å². The van der Waals surface area contributed by atoms with Crippen LogP contribution < -0.4 is 15.1 Å². The van der Waals surface area contributed by atoms with Gasteiger partial charge in [0.2, 0.25) is 0 Å². The highest BCUT2D eigenvalue weighted by molar-refractivity contribution is 9.10. The molecule has 2 N–H and O–H groups in total. The van der Waals surface area contributed by atoms with Crippen molar-refractivity contribution >= 4 is 33.2 Å². The summed E-state index contributed by atoms with van der Waals surface area (Å²) in [6.07, 6.45) is -4.34. The molecule has 1 amide bonds. The van der Waals surface area contributed by atoms with Crippen LogP contribution in [0.3, 0.4) is 0 Å². The number of anilines is 2. The molecule has 1 aliphatic heterocycles. The SMILES string of the molecule is O=C(C[NH+]1CCN(c2cccc(C(F)(F)F)c2)CC1)Nc1cccc(Br)c1. The van der Waals surface area contributed by atoms with E-state index in [2.05, 4.69) is 21.2 Å². The Bertz CT molecular complexity index is 805. The molecule has 0 spiro atoms. The Hall–Kier alpha value is -2.06. The molecule has 0 radical (unpaired) electrons. The minimum atomic E-state index is -4.34. The van der Waals surface area contributed by atoms with E-state index in [0.29, 0.717) is 38.4 Å². The average Bonchev–Trinajstić information content (AvgIpc) is 2.62. The first-order chi connectivity index (χ1) is 12.8. The summed E-state index contributed by atoms with van der Waals surface area (Å²) in [7, 11) is 0. The molecule has 27 heavy (non-hydrogen) atoms. The normalized spacial score (nSPS) is 15.6. The third-order valence-corrected chi connectivity index (χ3v) is 5.02. The summed E-state index contributed by atoms with van der Waals surface area (Å²) < 4.78 is 39.5. The van der Waals surface area contributed by atoms with Gasteiger partial charge in [0.05, 0.1) is 31.7 Å². The number of carbonyl (C=O) groups is 1. The van der Waals surface area contributed by atoms with E-state index in [0.717, 1.165) is 21.1 Å². The molecule has 0 aromatic heterocycles. The predicted octanol–water partition coefficient (Wildman–Crippen LogP) is 2.81. The van der Waals surface area contributed by atoms with Crippen LogP contribution in [0.1, 0.15) is 5.56 Å². The lowest BCUT2D eigenvalue weighted by Crippen LogP contribution is -3.15. The average molecular weight is 443 g/mol. The molecule has 8 heteroatoms. The highest BCUT2D eigenvalue weighted by Gasteiger charge is 2.31. The number of alkyl halides is 3. The van der Waals surface area contributed by atoms with Crippen molar-refractivity contribution in [2.45, 2.75) is 6.18 Å². The predicted molar refractivity (Wildman–Crippen MR) is 102 cm³/mol. The van der Waals surface area contributed by atoms with Crippen molar-refractivity contribution in [1.82, 2.24) is 0 Å². The zero-order chi connectivity index (χ0) is 19.4. The lowest BCUT2D eigenvalue weighted by atomic mass is 10.1. The van der Waals surface area contributed by atoms with Gasteiger partial charge in [-0.25, -0.2) is 0 Å². The van der Waals surface area contributed by atoms with Gasteiger partial charge in [0.25, 0.3) is 5.91 Å². The molecule has 0 atom stereocenters. The van der Waals surface area contributed by atoms with Gasteiger partial charge in [-0.3, -0.25) is 4.79 Å². The molecule has 0 aliphatic carbocycles. The highest BCUT2D eigenvalue weighted by atomic mass is 79.9. The van der Waals surface area contributed by atoms with E-state index in [1.165, 1.54) is 12.1 Å². The third-order valence-electron chi connectivity index (χ3n) is 4.53. The number of piperazine rings is 1. The summed E-state index contributed by atoms with van der Waals surface area (Å²) in [4.78, 5) is 15.3. The quantitative estimate of drug-likeness (QED) is 0.763. The fourth-order valence-corrected chi connectivity index (χ4v) is 3.53. The maximum atomic E-state index is 12.9. The summed E-state index contributed by atoms with van der Waals surface area (Å²) >= 11 is 3.36. The van der Waals surface area contributed by atoms with E-state index >= 15 is 0 Å². The molecule has 1 saturated heterocycles. The molecular formula is C19H20BrF3N3O+. The van der Waals surface area contributed by atoms with Gasteiger partial charge in [-0.2, -0.15) is 13.2 Å². The Morgan fingerprint density at radius 2 is 1.81 bits per heavy atom. The van der Waals surface area contributed by atoms with Gasteiger partial charge in [-0.05, 0) is 36.4 Å². The van der Waals surface area contributed by atoms with E-state index in [1.54, 1.807) is 6.07 Å². The van der Waals surface area contributed by atoms with Crippen molar-refractivity contribution in [2.75, 3.05) is 42.9 Å². The van der Waals surface area contributed by atoms with Gasteiger partial charge >= 0.3 is 6.18 Å². The van der Waals surface area contributed by atoms with Gasteiger partial charge in [0.15, 0.2) is 6.54 Å². The molecule has 2 aromatic rings. The number of hydrogen-bond acceptors (Lipinski definition) is 2. The number of halogens is 4. The number of hydrogen-bond donors (Lipinski definition) is 2. The molecule has 0 bridgehead atoms. The van der Waals surface area contributed by atoms with Crippen LogP contribution in [0, 0.1) is 0 Å². The highest BCUT2D eigenvalue weighted by Crippen LogP contribution is 2.31. The van der Waals surface area contributed by atoms with Crippen molar-refractivity contribution in [3.05, 3.63) is 58.6 Å². The van der Waals surface area contributed by atoms with Crippen molar-refractivity contribution in [3.8, 4) is 0 Å². The fourth-order valence-electron chi connectivity index (χ4n) is 3.14. The Morgan fingerprint density at radius 3 is 2.48 bits per heavy atom. The molecule has 144 valence electrons. The summed E-state index contributed by atoms with van der Waals surface area (Å²) in [5.74, 6) is -0.0735. The Balaban J connectivity index is 1.52. The molecule has 3 rings (SSSR count). The molecular weight excluding hydrogens is 423 g/mol. The largest absolute Gasteiger partial charge is 0.416 e. The molecule has 0 saturated carbocycles. The second kappa shape index (κ2) is 8.31. The Labute approximate surface area is 164 Å².